The second kappa shape index (κ2) is 51.4. The smallest absolute Gasteiger partial charge is 0.335 e. The maximum absolute atomic E-state index is 13.1. The first-order valence-electron chi connectivity index (χ1n) is 30.6. The molecule has 0 aromatic heterocycles. The minimum absolute atomic E-state index is 0.0491. The van der Waals surface area contributed by atoms with Crippen LogP contribution in [0.5, 0.6) is 0 Å². The van der Waals surface area contributed by atoms with E-state index in [0.717, 1.165) is 109 Å². The van der Waals surface area contributed by atoms with Crippen LogP contribution in [0.4, 0.5) is 0 Å². The Morgan fingerprint density at radius 1 is 0.453 bits per heavy atom. The summed E-state index contributed by atoms with van der Waals surface area (Å²) in [4.78, 5) is 51.1. The van der Waals surface area contributed by atoms with Gasteiger partial charge in [0.05, 0.1) is 6.61 Å². The number of aliphatic hydroxyl groups is 2. The number of carboxylic acid groups (broad SMARTS) is 1. The zero-order valence-corrected chi connectivity index (χ0v) is 47.8. The number of unbranched alkanes of at least 4 members (excludes halogenated alkanes) is 30. The van der Waals surface area contributed by atoms with Crippen LogP contribution in [0.15, 0.2) is 48.6 Å². The number of rotatable bonds is 52. The van der Waals surface area contributed by atoms with Crippen molar-refractivity contribution in [3.05, 3.63) is 48.6 Å². The molecule has 1 aliphatic heterocycles. The first-order chi connectivity index (χ1) is 36.6. The van der Waals surface area contributed by atoms with Crippen LogP contribution in [0.25, 0.3) is 0 Å². The number of aliphatic carboxylic acids is 1. The van der Waals surface area contributed by atoms with Crippen molar-refractivity contribution in [2.75, 3.05) is 13.2 Å². The molecule has 1 rings (SSSR count). The zero-order chi connectivity index (χ0) is 54.7. The van der Waals surface area contributed by atoms with Gasteiger partial charge in [0.1, 0.15) is 18.8 Å². The van der Waals surface area contributed by atoms with Gasteiger partial charge in [0.15, 0.2) is 24.6 Å². The molecule has 1 aliphatic rings. The van der Waals surface area contributed by atoms with Gasteiger partial charge in [-0.15, -0.1) is 0 Å². The quantitative estimate of drug-likeness (QED) is 0.0228. The third-order valence-electron chi connectivity index (χ3n) is 13.9. The molecule has 0 aliphatic carbocycles. The highest BCUT2D eigenvalue weighted by atomic mass is 16.7. The molecular weight excluding hydrogens is 949 g/mol. The van der Waals surface area contributed by atoms with Crippen LogP contribution in [0.1, 0.15) is 278 Å². The van der Waals surface area contributed by atoms with Gasteiger partial charge in [-0.05, 0) is 70.6 Å². The Hall–Kier alpha value is -3.32. The Morgan fingerprint density at radius 2 is 0.853 bits per heavy atom. The number of esters is 3. The van der Waals surface area contributed by atoms with Gasteiger partial charge in [0.25, 0.3) is 0 Å². The molecular formula is C63H110O12. The van der Waals surface area contributed by atoms with E-state index in [4.69, 9.17) is 23.7 Å². The zero-order valence-electron chi connectivity index (χ0n) is 47.8. The highest BCUT2D eigenvalue weighted by molar-refractivity contribution is 5.74. The SMILES string of the molecule is CC/C=C\C/C=C\C/C=C\CCCCCCCC(=O)OC(COC(=O)CCCCCCCCCCCCCCCCCCCCC)COC1OC(C(=O)O)C(O)C(O)C1OC(=O)CCCCCCC/C=C\CCCC. The summed E-state index contributed by atoms with van der Waals surface area (Å²) in [5.41, 5.74) is 0. The topological polar surface area (TPSA) is 175 Å². The van der Waals surface area contributed by atoms with E-state index in [1.165, 1.54) is 109 Å². The van der Waals surface area contributed by atoms with Gasteiger partial charge in [0.2, 0.25) is 0 Å². The summed E-state index contributed by atoms with van der Waals surface area (Å²) >= 11 is 0. The molecule has 1 heterocycles. The third-order valence-corrected chi connectivity index (χ3v) is 13.9. The average Bonchev–Trinajstić information content (AvgIpc) is 3.39. The lowest BCUT2D eigenvalue weighted by molar-refractivity contribution is -0.301. The molecule has 0 saturated carbocycles. The van der Waals surface area contributed by atoms with E-state index in [1.54, 1.807) is 0 Å². The van der Waals surface area contributed by atoms with Gasteiger partial charge >= 0.3 is 23.9 Å². The first-order valence-corrected chi connectivity index (χ1v) is 30.6. The van der Waals surface area contributed by atoms with E-state index in [2.05, 4.69) is 69.4 Å². The summed E-state index contributed by atoms with van der Waals surface area (Å²) in [6, 6.07) is 0. The molecule has 0 aromatic carbocycles. The molecule has 12 nitrogen and oxygen atoms in total. The summed E-state index contributed by atoms with van der Waals surface area (Å²) in [7, 11) is 0. The molecule has 0 spiro atoms. The minimum Gasteiger partial charge on any atom is -0.479 e. The number of hydrogen-bond donors (Lipinski definition) is 3. The fourth-order valence-electron chi connectivity index (χ4n) is 9.19. The summed E-state index contributed by atoms with van der Waals surface area (Å²) in [6.45, 7) is 5.84. The Kier molecular flexibility index (Phi) is 47.8. The summed E-state index contributed by atoms with van der Waals surface area (Å²) in [6.07, 6.45) is 49.5. The Labute approximate surface area is 456 Å². The number of hydrogen-bond acceptors (Lipinski definition) is 11. The molecule has 0 radical (unpaired) electrons. The van der Waals surface area contributed by atoms with Crippen molar-refractivity contribution in [3.63, 3.8) is 0 Å². The number of carbonyl (C=O) groups is 4. The van der Waals surface area contributed by atoms with Crippen molar-refractivity contribution >= 4 is 23.9 Å². The normalized spacial score (nSPS) is 18.4. The van der Waals surface area contributed by atoms with E-state index in [0.29, 0.717) is 19.3 Å². The number of aliphatic hydroxyl groups excluding tert-OH is 2. The highest BCUT2D eigenvalue weighted by Gasteiger charge is 2.50. The fraction of sp³-hybridized carbons (Fsp3) is 0.810. The number of allylic oxidation sites excluding steroid dienone is 8. The van der Waals surface area contributed by atoms with E-state index in [-0.39, 0.29) is 25.9 Å². The van der Waals surface area contributed by atoms with Crippen LogP contribution in [0, 0.1) is 0 Å². The van der Waals surface area contributed by atoms with Gasteiger partial charge in [0, 0.05) is 19.3 Å². The summed E-state index contributed by atoms with van der Waals surface area (Å²) in [5.74, 6) is -3.13. The van der Waals surface area contributed by atoms with Crippen molar-refractivity contribution in [3.8, 4) is 0 Å². The van der Waals surface area contributed by atoms with E-state index in [9.17, 15) is 34.5 Å². The highest BCUT2D eigenvalue weighted by Crippen LogP contribution is 2.26. The molecule has 1 fully saturated rings. The number of carbonyl (C=O) groups excluding carboxylic acids is 3. The molecule has 0 aromatic rings. The van der Waals surface area contributed by atoms with Crippen LogP contribution in [0.3, 0.4) is 0 Å². The van der Waals surface area contributed by atoms with Crippen LogP contribution >= 0.6 is 0 Å². The van der Waals surface area contributed by atoms with Gasteiger partial charge in [-0.1, -0.05) is 236 Å². The monoisotopic (exact) mass is 1060 g/mol. The van der Waals surface area contributed by atoms with Crippen LogP contribution in [-0.4, -0.2) is 89.2 Å². The molecule has 75 heavy (non-hydrogen) atoms. The van der Waals surface area contributed by atoms with E-state index >= 15 is 0 Å². The molecule has 6 atom stereocenters. The van der Waals surface area contributed by atoms with E-state index in [1.807, 2.05) is 0 Å². The summed E-state index contributed by atoms with van der Waals surface area (Å²) < 4.78 is 28.4. The maximum atomic E-state index is 13.1. The second-order valence-corrected chi connectivity index (χ2v) is 21.0. The molecule has 434 valence electrons. The number of ether oxygens (including phenoxy) is 5. The predicted molar refractivity (Wildman–Crippen MR) is 303 cm³/mol. The number of carboxylic acids is 1. The Bertz CT molecular complexity index is 1490. The average molecular weight is 1060 g/mol. The van der Waals surface area contributed by atoms with Crippen molar-refractivity contribution in [2.24, 2.45) is 0 Å². The van der Waals surface area contributed by atoms with Crippen molar-refractivity contribution in [1.29, 1.82) is 0 Å². The second-order valence-electron chi connectivity index (χ2n) is 21.0. The first kappa shape index (κ1) is 69.7. The lowest BCUT2D eigenvalue weighted by Gasteiger charge is -2.40. The van der Waals surface area contributed by atoms with Crippen molar-refractivity contribution < 1.29 is 58.2 Å². The Balaban J connectivity index is 2.65. The molecule has 0 bridgehead atoms. The van der Waals surface area contributed by atoms with Gasteiger partial charge in [-0.25, -0.2) is 4.79 Å². The fourth-order valence-corrected chi connectivity index (χ4v) is 9.19. The predicted octanol–water partition coefficient (Wildman–Crippen LogP) is 15.8. The Morgan fingerprint density at radius 3 is 1.33 bits per heavy atom. The lowest BCUT2D eigenvalue weighted by atomic mass is 9.98. The summed E-state index contributed by atoms with van der Waals surface area (Å²) in [5, 5.41) is 31.4. The van der Waals surface area contributed by atoms with Crippen molar-refractivity contribution in [2.45, 2.75) is 314 Å². The molecule has 6 unspecified atom stereocenters. The van der Waals surface area contributed by atoms with Crippen LogP contribution in [0.2, 0.25) is 0 Å². The lowest BCUT2D eigenvalue weighted by Crippen LogP contribution is -2.61. The standard InChI is InChI=1S/C63H110O12/c1-4-7-10-13-16-19-22-24-26-27-28-29-31-32-35-37-40-43-46-49-55(64)71-52-54(73-56(65)50-47-44-41-39-36-33-30-25-23-20-17-14-11-8-5-2)53-72-63-61(59(68)58(67)60(75-63)62(69)70)74-57(66)51-48-45-42-38-34-21-18-15-12-9-6-3/h8,11,15,17-18,20,25,30,54,58-61,63,67-68H,4-7,9-10,12-14,16,19,21-24,26-29,31-53H2,1-3H3,(H,69,70)/b11-8-,18-15-,20-17-,30-25-. The van der Waals surface area contributed by atoms with E-state index < -0.39 is 67.3 Å². The van der Waals surface area contributed by atoms with Crippen LogP contribution < -0.4 is 0 Å². The molecule has 1 saturated heterocycles. The molecule has 0 amide bonds. The van der Waals surface area contributed by atoms with Gasteiger partial charge < -0.3 is 39.0 Å². The van der Waals surface area contributed by atoms with Gasteiger partial charge in [-0.2, -0.15) is 0 Å². The third kappa shape index (κ3) is 41.5. The minimum atomic E-state index is -1.91. The maximum Gasteiger partial charge on any atom is 0.335 e. The largest absolute Gasteiger partial charge is 0.479 e. The molecule has 12 heteroatoms. The molecule has 3 N–H and O–H groups in total. The van der Waals surface area contributed by atoms with Gasteiger partial charge in [-0.3, -0.25) is 14.4 Å². The van der Waals surface area contributed by atoms with Crippen LogP contribution in [-0.2, 0) is 42.9 Å². The van der Waals surface area contributed by atoms with Crippen molar-refractivity contribution in [1.82, 2.24) is 0 Å².